The van der Waals surface area contributed by atoms with E-state index in [1.165, 1.54) is 23.7 Å². The van der Waals surface area contributed by atoms with Crippen molar-refractivity contribution in [3.8, 4) is 0 Å². The molecule has 0 radical (unpaired) electrons. The fraction of sp³-hybridized carbons (Fsp3) is 0.167. The van der Waals surface area contributed by atoms with Crippen molar-refractivity contribution in [1.29, 1.82) is 0 Å². The molecule has 0 spiro atoms. The van der Waals surface area contributed by atoms with Crippen LogP contribution in [0, 0.1) is 0 Å². The van der Waals surface area contributed by atoms with Gasteiger partial charge in [0.1, 0.15) is 0 Å². The minimum absolute atomic E-state index is 0.460. The van der Waals surface area contributed by atoms with E-state index in [9.17, 15) is 0 Å². The van der Waals surface area contributed by atoms with Crippen LogP contribution in [0.25, 0.3) is 0 Å². The van der Waals surface area contributed by atoms with E-state index in [2.05, 4.69) is 20.6 Å². The van der Waals surface area contributed by atoms with Crippen LogP contribution in [0.5, 0.6) is 0 Å². The average Bonchev–Trinajstić information content (AvgIpc) is 2.67. The molecule has 1 aromatic heterocycles. The van der Waals surface area contributed by atoms with Crippen LogP contribution >= 0.6 is 0 Å². The highest BCUT2D eigenvalue weighted by molar-refractivity contribution is 5.58. The largest absolute Gasteiger partial charge is 0.268 e. The number of rotatable bonds is 2. The van der Waals surface area contributed by atoms with Crippen LogP contribution in [0.3, 0.4) is 0 Å². The van der Waals surface area contributed by atoms with Gasteiger partial charge in [-0.15, -0.1) is 15.4 Å². The van der Waals surface area contributed by atoms with E-state index in [1.807, 2.05) is 0 Å². The van der Waals surface area contributed by atoms with E-state index < -0.39 is 0 Å². The third-order valence-electron chi connectivity index (χ3n) is 1.43. The maximum absolute atomic E-state index is 4.95. The highest BCUT2D eigenvalue weighted by Crippen LogP contribution is 2.07. The molecule has 0 unspecified atom stereocenters. The van der Waals surface area contributed by atoms with Crippen LogP contribution in [0.4, 0.5) is 5.95 Å². The summed E-state index contributed by atoms with van der Waals surface area (Å²) in [5.41, 5.74) is 2.65. The second-order valence-corrected chi connectivity index (χ2v) is 2.19. The van der Waals surface area contributed by atoms with Crippen molar-refractivity contribution >= 4 is 12.3 Å². The van der Waals surface area contributed by atoms with Crippen LogP contribution in [0.2, 0.25) is 0 Å². The van der Waals surface area contributed by atoms with Crippen molar-refractivity contribution in [3.05, 3.63) is 18.5 Å². The van der Waals surface area contributed by atoms with Gasteiger partial charge in [0.25, 0.3) is 5.95 Å². The maximum Gasteiger partial charge on any atom is 0.268 e. The first-order valence-electron chi connectivity index (χ1n) is 3.61. The predicted molar refractivity (Wildman–Crippen MR) is 45.0 cm³/mol. The first-order valence-corrected chi connectivity index (χ1v) is 3.61. The number of aromatic nitrogens is 2. The Kier molecular flexibility index (Phi) is 1.93. The molecule has 0 fully saturated rings. The van der Waals surface area contributed by atoms with Crippen LogP contribution in [-0.4, -0.2) is 28.6 Å². The summed E-state index contributed by atoms with van der Waals surface area (Å²) in [6.07, 6.45) is 4.74. The molecule has 7 heteroatoms. The highest BCUT2D eigenvalue weighted by Gasteiger charge is 2.19. The summed E-state index contributed by atoms with van der Waals surface area (Å²) in [6.45, 7) is 0. The van der Waals surface area contributed by atoms with Crippen molar-refractivity contribution in [2.75, 3.05) is 12.2 Å². The molecule has 1 N–H and O–H groups in total. The van der Waals surface area contributed by atoms with Gasteiger partial charge in [-0.05, 0) is 6.07 Å². The standard InChI is InChI=1S/C6H8N6O/c1-13-11-5-9-10-12(11)6-7-3-2-4-8-6/h2-5,10H,1H3. The number of nitrogens with zero attached hydrogens (tertiary/aromatic N) is 5. The second kappa shape index (κ2) is 3.23. The lowest BCUT2D eigenvalue weighted by atomic mass is 10.7. The van der Waals surface area contributed by atoms with Gasteiger partial charge in [-0.1, -0.05) is 0 Å². The third-order valence-corrected chi connectivity index (χ3v) is 1.43. The minimum Gasteiger partial charge on any atom is -0.254 e. The zero-order valence-corrected chi connectivity index (χ0v) is 6.95. The number of hydrogen-bond acceptors (Lipinski definition) is 7. The minimum atomic E-state index is 0.460. The SMILES string of the molecule is CON1C=NNN1c1ncccn1. The molecule has 0 atom stereocenters. The Bertz CT molecular complexity index is 301. The van der Waals surface area contributed by atoms with Crippen molar-refractivity contribution in [3.63, 3.8) is 0 Å². The van der Waals surface area contributed by atoms with Crippen molar-refractivity contribution in [1.82, 2.24) is 20.7 Å². The van der Waals surface area contributed by atoms with Crippen molar-refractivity contribution in [2.45, 2.75) is 0 Å². The molecular formula is C6H8N6O. The molecule has 0 aliphatic carbocycles. The van der Waals surface area contributed by atoms with Crippen LogP contribution in [0.1, 0.15) is 0 Å². The van der Waals surface area contributed by atoms with E-state index in [0.717, 1.165) is 0 Å². The number of hydrazine groups is 2. The lowest BCUT2D eigenvalue weighted by Gasteiger charge is -2.22. The van der Waals surface area contributed by atoms with Gasteiger partial charge in [0.2, 0.25) is 0 Å². The van der Waals surface area contributed by atoms with Gasteiger partial charge in [0, 0.05) is 12.4 Å². The van der Waals surface area contributed by atoms with Crippen LogP contribution < -0.4 is 10.7 Å². The monoisotopic (exact) mass is 180 g/mol. The number of hydroxylamine groups is 1. The Morgan fingerprint density at radius 2 is 2.15 bits per heavy atom. The lowest BCUT2D eigenvalue weighted by Crippen LogP contribution is -2.43. The van der Waals surface area contributed by atoms with Gasteiger partial charge in [-0.25, -0.2) is 9.97 Å². The summed E-state index contributed by atoms with van der Waals surface area (Å²) in [5, 5.41) is 6.59. The average molecular weight is 180 g/mol. The van der Waals surface area contributed by atoms with Gasteiger partial charge in [-0.2, -0.15) is 5.53 Å². The van der Waals surface area contributed by atoms with Gasteiger partial charge >= 0.3 is 0 Å². The molecule has 2 rings (SSSR count). The van der Waals surface area contributed by atoms with E-state index >= 15 is 0 Å². The number of nitrogens with one attached hydrogen (secondary N) is 1. The molecule has 13 heavy (non-hydrogen) atoms. The Morgan fingerprint density at radius 1 is 1.38 bits per heavy atom. The summed E-state index contributed by atoms with van der Waals surface area (Å²) in [7, 11) is 1.52. The molecule has 0 saturated carbocycles. The molecule has 1 aromatic rings. The summed E-state index contributed by atoms with van der Waals surface area (Å²) in [4.78, 5) is 13.0. The molecule has 2 heterocycles. The Balaban J connectivity index is 2.18. The van der Waals surface area contributed by atoms with E-state index in [4.69, 9.17) is 4.84 Å². The molecule has 0 saturated heterocycles. The normalized spacial score (nSPS) is 14.8. The topological polar surface area (TPSA) is 65.9 Å². The summed E-state index contributed by atoms with van der Waals surface area (Å²) < 4.78 is 0. The lowest BCUT2D eigenvalue weighted by molar-refractivity contribution is -0.0702. The predicted octanol–water partition coefficient (Wildman–Crippen LogP) is -0.477. The highest BCUT2D eigenvalue weighted by atomic mass is 16.7. The smallest absolute Gasteiger partial charge is 0.254 e. The maximum atomic E-state index is 4.95. The summed E-state index contributed by atoms with van der Waals surface area (Å²) >= 11 is 0. The second-order valence-electron chi connectivity index (χ2n) is 2.19. The molecule has 1 aliphatic rings. The first kappa shape index (κ1) is 7.74. The molecule has 0 bridgehead atoms. The Hall–Kier alpha value is -1.89. The quantitative estimate of drug-likeness (QED) is 0.663. The zero-order valence-electron chi connectivity index (χ0n) is 6.95. The first-order chi connectivity index (χ1) is 6.42. The van der Waals surface area contributed by atoms with Gasteiger partial charge in [0.15, 0.2) is 6.34 Å². The summed E-state index contributed by atoms with van der Waals surface area (Å²) in [5.74, 6) is 0.460. The van der Waals surface area contributed by atoms with Crippen molar-refractivity contribution < 1.29 is 4.84 Å². The van der Waals surface area contributed by atoms with E-state index in [-0.39, 0.29) is 0 Å². The Labute approximate surface area is 74.5 Å². The molecule has 68 valence electrons. The zero-order chi connectivity index (χ0) is 9.10. The van der Waals surface area contributed by atoms with Gasteiger partial charge < -0.3 is 0 Å². The van der Waals surface area contributed by atoms with Gasteiger partial charge in [-0.3, -0.25) is 4.84 Å². The molecule has 0 aromatic carbocycles. The van der Waals surface area contributed by atoms with E-state index in [0.29, 0.717) is 5.95 Å². The number of anilines is 1. The fourth-order valence-corrected chi connectivity index (χ4v) is 0.888. The van der Waals surface area contributed by atoms with Crippen LogP contribution in [-0.2, 0) is 4.84 Å². The molecule has 1 aliphatic heterocycles. The molecular weight excluding hydrogens is 172 g/mol. The number of hydrogen-bond donors (Lipinski definition) is 1. The summed E-state index contributed by atoms with van der Waals surface area (Å²) in [6, 6.07) is 1.73. The van der Waals surface area contributed by atoms with E-state index in [1.54, 1.807) is 18.5 Å². The fourth-order valence-electron chi connectivity index (χ4n) is 0.888. The number of hydrazone groups is 1. The van der Waals surface area contributed by atoms with Gasteiger partial charge in [0.05, 0.1) is 7.11 Å². The molecule has 0 amide bonds. The van der Waals surface area contributed by atoms with Crippen molar-refractivity contribution in [2.24, 2.45) is 5.10 Å². The molecule has 7 nitrogen and oxygen atoms in total. The Morgan fingerprint density at radius 3 is 2.85 bits per heavy atom. The van der Waals surface area contributed by atoms with Crippen LogP contribution in [0.15, 0.2) is 23.6 Å². The third kappa shape index (κ3) is 1.36.